The summed E-state index contributed by atoms with van der Waals surface area (Å²) in [6.07, 6.45) is 0.811. The van der Waals surface area contributed by atoms with Crippen molar-refractivity contribution in [3.05, 3.63) is 298 Å². The summed E-state index contributed by atoms with van der Waals surface area (Å²) in [5, 5.41) is 0. The van der Waals surface area contributed by atoms with Crippen molar-refractivity contribution >= 4 is 84.1 Å². The molecule has 0 saturated heterocycles. The van der Waals surface area contributed by atoms with Gasteiger partial charge in [-0.3, -0.25) is 0 Å². The second-order valence-corrected chi connectivity index (χ2v) is 35.8. The Kier molecular flexibility index (Phi) is 18.7. The molecule has 0 N–H and O–H groups in total. The van der Waals surface area contributed by atoms with Gasteiger partial charge in [-0.25, -0.2) is 8.42 Å². The van der Waals surface area contributed by atoms with Gasteiger partial charge in [-0.15, -0.1) is 0 Å². The molecule has 520 valence electrons. The Labute approximate surface area is 610 Å². The zero-order valence-electron chi connectivity index (χ0n) is 63.6. The lowest BCUT2D eigenvalue weighted by Crippen LogP contribution is -2.57. The Hall–Kier alpha value is -9.37. The van der Waals surface area contributed by atoms with Crippen LogP contribution in [0.3, 0.4) is 0 Å². The van der Waals surface area contributed by atoms with Crippen LogP contribution in [0.4, 0.5) is 51.2 Å². The number of ether oxygens (including phenoxy) is 1. The molecule has 0 atom stereocenters. The van der Waals surface area contributed by atoms with Crippen LogP contribution >= 0.6 is 0 Å². The number of rotatable bonds is 16. The van der Waals surface area contributed by atoms with Crippen molar-refractivity contribution in [3.63, 3.8) is 0 Å². The summed E-state index contributed by atoms with van der Waals surface area (Å²) in [4.78, 5) is 7.34. The number of para-hydroxylation sites is 2. The van der Waals surface area contributed by atoms with Gasteiger partial charge in [0.2, 0.25) is 9.84 Å². The number of nitrogens with zero attached hydrogens (tertiary/aromatic N) is 3. The average molecular weight is 1360 g/mol. The average Bonchev–Trinajstić information content (AvgIpc) is 0.721. The molecule has 0 radical (unpaired) electrons. The lowest BCUT2D eigenvalue weighted by Gasteiger charge is -2.42. The zero-order valence-corrected chi connectivity index (χ0v) is 64.4. The highest BCUT2D eigenvalue weighted by molar-refractivity contribution is 7.91. The smallest absolute Gasteiger partial charge is 0.251 e. The molecule has 0 fully saturated rings. The molecule has 0 saturated carbocycles. The molecule has 102 heavy (non-hydrogen) atoms. The predicted molar refractivity (Wildman–Crippen MR) is 434 cm³/mol. The second-order valence-electron chi connectivity index (χ2n) is 33.9. The first kappa shape index (κ1) is 71.0. The van der Waals surface area contributed by atoms with Gasteiger partial charge >= 0.3 is 0 Å². The largest absolute Gasteiger partial charge is 0.458 e. The lowest BCUT2D eigenvalue weighted by molar-refractivity contribution is 0.487. The van der Waals surface area contributed by atoms with Crippen molar-refractivity contribution in [2.75, 3.05) is 14.7 Å². The Morgan fingerprint density at radius 2 is 0.814 bits per heavy atom. The molecule has 0 amide bonds. The van der Waals surface area contributed by atoms with Gasteiger partial charge in [0.25, 0.3) is 6.71 Å². The van der Waals surface area contributed by atoms with E-state index in [-0.39, 0.29) is 43.6 Å². The van der Waals surface area contributed by atoms with E-state index in [0.717, 1.165) is 57.7 Å². The maximum atomic E-state index is 14.7. The van der Waals surface area contributed by atoms with Crippen LogP contribution in [0.25, 0.3) is 0 Å². The van der Waals surface area contributed by atoms with Gasteiger partial charge in [0.15, 0.2) is 0 Å². The van der Waals surface area contributed by atoms with Gasteiger partial charge in [0.1, 0.15) is 11.5 Å². The van der Waals surface area contributed by atoms with Crippen LogP contribution < -0.4 is 35.8 Å². The number of hydrogen-bond donors (Lipinski definition) is 0. The van der Waals surface area contributed by atoms with Crippen LogP contribution in [0.15, 0.2) is 252 Å². The van der Waals surface area contributed by atoms with Crippen molar-refractivity contribution in [2.45, 2.75) is 193 Å². The minimum Gasteiger partial charge on any atom is -0.458 e. The van der Waals surface area contributed by atoms with E-state index in [1.54, 1.807) is 24.3 Å². The molecule has 2 aliphatic rings. The van der Waals surface area contributed by atoms with Crippen LogP contribution in [-0.2, 0) is 43.3 Å². The molecular weight excluding hydrogens is 1260 g/mol. The van der Waals surface area contributed by atoms with Gasteiger partial charge in [-0.05, 0) is 234 Å². The summed E-state index contributed by atoms with van der Waals surface area (Å²) in [7, 11) is -3.91. The maximum absolute atomic E-state index is 14.7. The fourth-order valence-electron chi connectivity index (χ4n) is 15.5. The maximum Gasteiger partial charge on any atom is 0.251 e. The first-order valence-electron chi connectivity index (χ1n) is 36.8. The Balaban J connectivity index is 0.794. The van der Waals surface area contributed by atoms with E-state index in [9.17, 15) is 8.42 Å². The second kappa shape index (κ2) is 26.8. The van der Waals surface area contributed by atoms with Crippen molar-refractivity contribution in [1.29, 1.82) is 0 Å². The topological polar surface area (TPSA) is 53.1 Å². The van der Waals surface area contributed by atoms with Crippen LogP contribution in [0.1, 0.15) is 205 Å². The van der Waals surface area contributed by atoms with E-state index in [1.807, 2.05) is 24.3 Å². The molecule has 0 unspecified atom stereocenters. The van der Waals surface area contributed by atoms with Gasteiger partial charge in [-0.1, -0.05) is 252 Å². The van der Waals surface area contributed by atoms with Crippen LogP contribution in [0.2, 0.25) is 0 Å². The summed E-state index contributed by atoms with van der Waals surface area (Å²) in [5.41, 5.74) is 25.3. The van der Waals surface area contributed by atoms with E-state index >= 15 is 0 Å². The Bertz CT molecular complexity index is 4920. The van der Waals surface area contributed by atoms with Gasteiger partial charge < -0.3 is 19.4 Å². The first-order valence-corrected chi connectivity index (χ1v) is 38.3. The SMILES string of the molecule is CC(C)c1cc(C(C)C)c(B2c3ccccc3Oc3cc(N4c5ccccc5C(C)(C)c5cc(CC(C)(C)c6ccc(N(c7ccc(C(C)(C)C)cc7)c7ccc(S(=O)(=O)c8ccc(N(c9ccc(C(C)(C)C)cc9)c9ccc(C(C)(C)C)cc9)cc8)cc7)cc6)ccc54)ccc32)c(C(C)C)c1. The normalized spacial score (nSPS) is 13.7. The quantitative estimate of drug-likeness (QED) is 0.0899. The van der Waals surface area contributed by atoms with E-state index in [4.69, 9.17) is 4.74 Å². The molecule has 0 aliphatic carbocycles. The highest BCUT2D eigenvalue weighted by atomic mass is 32.2. The highest BCUT2D eigenvalue weighted by Crippen LogP contribution is 2.53. The minimum atomic E-state index is -3.91. The predicted octanol–water partition coefficient (Wildman–Crippen LogP) is 24.0. The molecule has 6 nitrogen and oxygen atoms in total. The summed E-state index contributed by atoms with van der Waals surface area (Å²) in [5.74, 6) is 2.91. The number of hydrogen-bond acceptors (Lipinski definition) is 6. The van der Waals surface area contributed by atoms with Crippen LogP contribution in [0, 0.1) is 0 Å². The molecule has 0 spiro atoms. The van der Waals surface area contributed by atoms with Crippen LogP contribution in [-0.4, -0.2) is 15.1 Å². The molecule has 2 aliphatic heterocycles. The monoisotopic (exact) mass is 1360 g/mol. The van der Waals surface area contributed by atoms with Crippen molar-refractivity contribution in [1.82, 2.24) is 0 Å². The van der Waals surface area contributed by atoms with Gasteiger partial charge in [-0.2, -0.15) is 0 Å². The fraction of sp³-hybridized carbons (Fsp3) is 0.298. The Morgan fingerprint density at radius 1 is 0.412 bits per heavy atom. The molecule has 11 aromatic carbocycles. The summed E-state index contributed by atoms with van der Waals surface area (Å²) in [6, 6.07) is 86.5. The number of benzene rings is 11. The summed E-state index contributed by atoms with van der Waals surface area (Å²) >= 11 is 0. The van der Waals surface area contributed by atoms with E-state index < -0.39 is 9.84 Å². The number of sulfone groups is 1. The molecule has 11 aromatic rings. The molecule has 0 aromatic heterocycles. The first-order chi connectivity index (χ1) is 48.2. The molecule has 0 bridgehead atoms. The molecular formula is C94H102BN3O3S. The zero-order chi connectivity index (χ0) is 72.8. The molecule has 8 heteroatoms. The third-order valence-corrected chi connectivity index (χ3v) is 23.4. The van der Waals surface area contributed by atoms with Crippen molar-refractivity contribution in [2.24, 2.45) is 0 Å². The molecule has 2 heterocycles. The molecule has 13 rings (SSSR count). The van der Waals surface area contributed by atoms with E-state index in [2.05, 4.69) is 340 Å². The number of anilines is 9. The summed E-state index contributed by atoms with van der Waals surface area (Å²) < 4.78 is 36.5. The van der Waals surface area contributed by atoms with Gasteiger partial charge in [0, 0.05) is 51.3 Å². The third-order valence-electron chi connectivity index (χ3n) is 21.6. The van der Waals surface area contributed by atoms with E-state index in [0.29, 0.717) is 17.8 Å². The van der Waals surface area contributed by atoms with Crippen LogP contribution in [0.5, 0.6) is 11.5 Å². The lowest BCUT2D eigenvalue weighted by atomic mass is 9.34. The Morgan fingerprint density at radius 3 is 1.25 bits per heavy atom. The van der Waals surface area contributed by atoms with Crippen molar-refractivity contribution < 1.29 is 13.2 Å². The standard InChI is InChI=1S/C94H102BN3O3S/c1-61(2)65-57-79(62(3)4)89(80(58-65)63(5)6)95-83-25-21-23-27-87(83)101-88-59-76(49-54-84(88)95)98-85-26-22-20-24-81(85)94(18,19)82-56-64(28-55-86(82)98)60-93(16,17)69-35-43-73(44-36-69)97(72-41-33-68(34-42-72)92(13,14)15)75-47-52-78(53-48-75)102(99,100)77-50-45-74(46-51-77)96(70-37-29-66(30-38-70)90(7,8)9)71-39-31-67(32-40-71)91(10,11)12/h20-59,61-63H,60H2,1-19H3. The van der Waals surface area contributed by atoms with Gasteiger partial charge in [0.05, 0.1) is 21.2 Å². The summed E-state index contributed by atoms with van der Waals surface area (Å²) in [6.45, 7) is 43.5. The number of fused-ring (bicyclic) bond motifs is 4. The minimum absolute atomic E-state index is 0.00126. The third kappa shape index (κ3) is 13.6. The van der Waals surface area contributed by atoms with E-state index in [1.165, 1.54) is 83.4 Å². The fourth-order valence-corrected chi connectivity index (χ4v) is 16.7. The van der Waals surface area contributed by atoms with Crippen molar-refractivity contribution in [3.8, 4) is 11.5 Å². The highest BCUT2D eigenvalue weighted by Gasteiger charge is 2.41.